The maximum Gasteiger partial charge on any atom is 0.261 e. The molecule has 0 spiro atoms. The molecule has 3 rings (SSSR count). The van der Waals surface area contributed by atoms with Crippen molar-refractivity contribution in [1.29, 1.82) is 0 Å². The molecule has 7 heteroatoms. The van der Waals surface area contributed by atoms with Crippen LogP contribution in [0.3, 0.4) is 0 Å². The highest BCUT2D eigenvalue weighted by Crippen LogP contribution is 2.32. The number of benzene rings is 1. The summed E-state index contributed by atoms with van der Waals surface area (Å²) in [6, 6.07) is 9.46. The Hall–Kier alpha value is -0.780. The van der Waals surface area contributed by atoms with E-state index >= 15 is 0 Å². The summed E-state index contributed by atoms with van der Waals surface area (Å²) in [4.78, 5) is 14.0. The van der Waals surface area contributed by atoms with Crippen LogP contribution in [0.25, 0.3) is 10.4 Å². The Bertz CT molecular complexity index is 663. The molecular formula is C16H17Cl3N2OS. The molecule has 0 aliphatic carbocycles. The van der Waals surface area contributed by atoms with Gasteiger partial charge in [0.15, 0.2) is 0 Å². The first-order chi connectivity index (χ1) is 10.6. The number of thiophene rings is 1. The van der Waals surface area contributed by atoms with Crippen molar-refractivity contribution in [2.45, 2.75) is 18.9 Å². The van der Waals surface area contributed by atoms with Crippen LogP contribution in [-0.4, -0.2) is 25.0 Å². The van der Waals surface area contributed by atoms with Crippen molar-refractivity contribution in [3.8, 4) is 10.4 Å². The van der Waals surface area contributed by atoms with E-state index in [0.29, 0.717) is 14.9 Å². The van der Waals surface area contributed by atoms with E-state index in [-0.39, 0.29) is 24.4 Å². The van der Waals surface area contributed by atoms with Gasteiger partial charge in [-0.15, -0.1) is 23.7 Å². The minimum absolute atomic E-state index is 0. The van der Waals surface area contributed by atoms with Crippen molar-refractivity contribution in [1.82, 2.24) is 10.6 Å². The first-order valence-corrected chi connectivity index (χ1v) is 8.77. The first-order valence-electron chi connectivity index (χ1n) is 7.20. The first kappa shape index (κ1) is 18.6. The van der Waals surface area contributed by atoms with Gasteiger partial charge in [-0.25, -0.2) is 0 Å². The summed E-state index contributed by atoms with van der Waals surface area (Å²) < 4.78 is 0. The topological polar surface area (TPSA) is 41.1 Å². The molecule has 1 aliphatic heterocycles. The molecule has 0 bridgehead atoms. The normalized spacial score (nSPS) is 15.0. The number of carbonyl (C=O) groups is 1. The van der Waals surface area contributed by atoms with Gasteiger partial charge in [0.2, 0.25) is 0 Å². The van der Waals surface area contributed by atoms with Gasteiger partial charge < -0.3 is 10.6 Å². The second-order valence-electron chi connectivity index (χ2n) is 5.32. The number of rotatable bonds is 3. The smallest absolute Gasteiger partial charge is 0.261 e. The quantitative estimate of drug-likeness (QED) is 0.801. The van der Waals surface area contributed by atoms with Crippen molar-refractivity contribution in [3.63, 3.8) is 0 Å². The molecule has 1 aromatic heterocycles. The van der Waals surface area contributed by atoms with Crippen LogP contribution in [0, 0.1) is 0 Å². The van der Waals surface area contributed by atoms with Crippen LogP contribution in [0.4, 0.5) is 0 Å². The molecule has 2 heterocycles. The Morgan fingerprint density at radius 1 is 1.13 bits per heavy atom. The van der Waals surface area contributed by atoms with Crippen LogP contribution in [0.2, 0.25) is 10.0 Å². The molecule has 2 aromatic rings. The molecule has 1 aromatic carbocycles. The van der Waals surface area contributed by atoms with Crippen LogP contribution >= 0.6 is 46.9 Å². The van der Waals surface area contributed by atoms with Gasteiger partial charge in [-0.2, -0.15) is 0 Å². The molecule has 0 unspecified atom stereocenters. The molecule has 124 valence electrons. The van der Waals surface area contributed by atoms with E-state index in [1.54, 1.807) is 6.07 Å². The number of hydrogen-bond acceptors (Lipinski definition) is 3. The van der Waals surface area contributed by atoms with Crippen molar-refractivity contribution < 1.29 is 4.79 Å². The summed E-state index contributed by atoms with van der Waals surface area (Å²) in [6.07, 6.45) is 1.96. The zero-order valence-corrected chi connectivity index (χ0v) is 15.4. The molecule has 0 atom stereocenters. The number of amides is 1. The third-order valence-electron chi connectivity index (χ3n) is 3.65. The highest BCUT2D eigenvalue weighted by atomic mass is 35.5. The highest BCUT2D eigenvalue weighted by molar-refractivity contribution is 7.17. The Morgan fingerprint density at radius 2 is 1.78 bits per heavy atom. The van der Waals surface area contributed by atoms with Gasteiger partial charge in [-0.05, 0) is 61.8 Å². The lowest BCUT2D eigenvalue weighted by molar-refractivity contribution is 0.0933. The zero-order chi connectivity index (χ0) is 15.5. The molecule has 23 heavy (non-hydrogen) atoms. The van der Waals surface area contributed by atoms with Crippen molar-refractivity contribution in [3.05, 3.63) is 45.3 Å². The summed E-state index contributed by atoms with van der Waals surface area (Å²) in [5, 5.41) is 7.58. The molecule has 2 N–H and O–H groups in total. The molecule has 3 nitrogen and oxygen atoms in total. The molecule has 1 amide bonds. The lowest BCUT2D eigenvalue weighted by Gasteiger charge is -2.23. The average Bonchev–Trinajstić information content (AvgIpc) is 2.97. The molecule has 0 radical (unpaired) electrons. The average molecular weight is 392 g/mol. The highest BCUT2D eigenvalue weighted by Gasteiger charge is 2.17. The van der Waals surface area contributed by atoms with E-state index in [1.165, 1.54) is 11.3 Å². The lowest BCUT2D eigenvalue weighted by Crippen LogP contribution is -2.42. The Balaban J connectivity index is 0.00000192. The van der Waals surface area contributed by atoms with E-state index in [9.17, 15) is 4.79 Å². The molecule has 1 saturated heterocycles. The number of piperidine rings is 1. The van der Waals surface area contributed by atoms with Gasteiger partial charge in [-0.1, -0.05) is 23.2 Å². The molecular weight excluding hydrogens is 375 g/mol. The van der Waals surface area contributed by atoms with Crippen molar-refractivity contribution >= 4 is 52.9 Å². The largest absolute Gasteiger partial charge is 0.349 e. The van der Waals surface area contributed by atoms with Crippen LogP contribution in [0.15, 0.2) is 30.3 Å². The standard InChI is InChI=1S/C16H16Cl2N2OS.ClH/c17-11-7-10(8-12(18)9-11)14-1-2-15(22-14)16(21)20-13-3-5-19-6-4-13;/h1-2,7-9,13,19H,3-6H2,(H,20,21);1H. The van der Waals surface area contributed by atoms with E-state index in [1.807, 2.05) is 24.3 Å². The number of carbonyl (C=O) groups excluding carboxylic acids is 1. The molecule has 1 aliphatic rings. The minimum Gasteiger partial charge on any atom is -0.349 e. The van der Waals surface area contributed by atoms with Gasteiger partial charge in [0, 0.05) is 21.0 Å². The number of nitrogens with one attached hydrogen (secondary N) is 2. The second kappa shape index (κ2) is 8.36. The van der Waals surface area contributed by atoms with Gasteiger partial charge in [0.1, 0.15) is 0 Å². The Labute approximate surface area is 155 Å². The number of hydrogen-bond donors (Lipinski definition) is 2. The zero-order valence-electron chi connectivity index (χ0n) is 12.3. The van der Waals surface area contributed by atoms with Gasteiger partial charge in [0.25, 0.3) is 5.91 Å². The predicted molar refractivity (Wildman–Crippen MR) is 100 cm³/mol. The second-order valence-corrected chi connectivity index (χ2v) is 7.28. The summed E-state index contributed by atoms with van der Waals surface area (Å²) in [5.41, 5.74) is 0.934. The third-order valence-corrected chi connectivity index (χ3v) is 5.22. The van der Waals surface area contributed by atoms with Crippen LogP contribution in [0.1, 0.15) is 22.5 Å². The lowest BCUT2D eigenvalue weighted by atomic mass is 10.1. The van der Waals surface area contributed by atoms with Gasteiger partial charge in [0.05, 0.1) is 4.88 Å². The van der Waals surface area contributed by atoms with E-state index in [0.717, 1.165) is 36.4 Å². The Kier molecular flexibility index (Phi) is 6.74. The fourth-order valence-electron chi connectivity index (χ4n) is 2.53. The minimum atomic E-state index is -0.00345. The Morgan fingerprint density at radius 3 is 2.43 bits per heavy atom. The summed E-state index contributed by atoms with van der Waals surface area (Å²) in [6.45, 7) is 1.92. The van der Waals surface area contributed by atoms with Crippen molar-refractivity contribution in [2.24, 2.45) is 0 Å². The number of halogens is 3. The SMILES string of the molecule is Cl.O=C(NC1CCNCC1)c1ccc(-c2cc(Cl)cc(Cl)c2)s1. The third kappa shape index (κ3) is 4.85. The van der Waals surface area contributed by atoms with E-state index in [4.69, 9.17) is 23.2 Å². The molecule has 0 saturated carbocycles. The predicted octanol–water partition coefficient (Wildman–Crippen LogP) is 4.63. The van der Waals surface area contributed by atoms with Crippen LogP contribution < -0.4 is 10.6 Å². The molecule has 1 fully saturated rings. The van der Waals surface area contributed by atoms with Crippen molar-refractivity contribution in [2.75, 3.05) is 13.1 Å². The summed E-state index contributed by atoms with van der Waals surface area (Å²) in [7, 11) is 0. The summed E-state index contributed by atoms with van der Waals surface area (Å²) >= 11 is 13.5. The van der Waals surface area contributed by atoms with Gasteiger partial charge >= 0.3 is 0 Å². The van der Waals surface area contributed by atoms with E-state index < -0.39 is 0 Å². The van der Waals surface area contributed by atoms with Crippen LogP contribution in [0.5, 0.6) is 0 Å². The van der Waals surface area contributed by atoms with Gasteiger partial charge in [-0.3, -0.25) is 4.79 Å². The van der Waals surface area contributed by atoms with Crippen LogP contribution in [-0.2, 0) is 0 Å². The summed E-state index contributed by atoms with van der Waals surface area (Å²) in [5.74, 6) is -0.00345. The fraction of sp³-hybridized carbons (Fsp3) is 0.312. The maximum atomic E-state index is 12.3. The fourth-order valence-corrected chi connectivity index (χ4v) is 3.96. The van der Waals surface area contributed by atoms with E-state index in [2.05, 4.69) is 10.6 Å². The monoisotopic (exact) mass is 390 g/mol. The maximum absolute atomic E-state index is 12.3.